The van der Waals surface area contributed by atoms with Gasteiger partial charge in [-0.3, -0.25) is 4.79 Å². The van der Waals surface area contributed by atoms with Crippen LogP contribution in [0.2, 0.25) is 0 Å². The van der Waals surface area contributed by atoms with E-state index in [1.165, 1.54) is 17.2 Å². The number of anilines is 1. The lowest BCUT2D eigenvalue weighted by Crippen LogP contribution is -2.19. The Hall–Kier alpha value is -4.68. The zero-order valence-electron chi connectivity index (χ0n) is 15.1. The van der Waals surface area contributed by atoms with Gasteiger partial charge in [-0.1, -0.05) is 5.21 Å². The first-order valence-corrected chi connectivity index (χ1v) is 8.52. The summed E-state index contributed by atoms with van der Waals surface area (Å²) in [5.41, 5.74) is 8.97. The summed E-state index contributed by atoms with van der Waals surface area (Å²) in [6.07, 6.45) is 2.84. The van der Waals surface area contributed by atoms with E-state index in [4.69, 9.17) is 19.6 Å². The molecular weight excluding hydrogens is 396 g/mol. The second-order valence-corrected chi connectivity index (χ2v) is 5.95. The van der Waals surface area contributed by atoms with Gasteiger partial charge in [0.1, 0.15) is 11.5 Å². The number of nitrogens with zero attached hydrogens (tertiary/aromatic N) is 6. The van der Waals surface area contributed by atoms with Gasteiger partial charge < -0.3 is 19.6 Å². The van der Waals surface area contributed by atoms with Crippen molar-refractivity contribution in [3.05, 3.63) is 48.0 Å². The third-order valence-electron chi connectivity index (χ3n) is 4.13. The van der Waals surface area contributed by atoms with Gasteiger partial charge in [0.25, 0.3) is 5.91 Å². The molecule has 1 amide bonds. The molecule has 0 aliphatic carbocycles. The predicted octanol–water partition coefficient (Wildman–Crippen LogP) is 0.985. The number of carbonyl (C=O) groups excluding carboxylic acids is 1. The summed E-state index contributed by atoms with van der Waals surface area (Å²) in [5.74, 6) is 0.990. The minimum Gasteiger partial charge on any atom is -0.463 e. The van der Waals surface area contributed by atoms with Crippen molar-refractivity contribution in [1.29, 1.82) is 0 Å². The first kappa shape index (κ1) is 17.4. The molecule has 3 aromatic heterocycles. The fourth-order valence-corrected chi connectivity index (χ4v) is 2.80. The monoisotopic (exact) mass is 408 g/mol. The number of benzene rings is 1. The zero-order valence-corrected chi connectivity index (χ0v) is 15.1. The molecule has 4 aromatic rings. The molecule has 1 aliphatic heterocycles. The lowest BCUT2D eigenvalue weighted by atomic mass is 10.1. The van der Waals surface area contributed by atoms with Crippen LogP contribution in [0.25, 0.3) is 17.1 Å². The van der Waals surface area contributed by atoms with Crippen molar-refractivity contribution in [1.82, 2.24) is 30.7 Å². The molecule has 150 valence electrons. The molecule has 0 radical (unpaired) electrons. The van der Waals surface area contributed by atoms with Crippen LogP contribution in [0.5, 0.6) is 11.5 Å². The molecule has 0 saturated carbocycles. The number of rotatable bonds is 5. The van der Waals surface area contributed by atoms with Gasteiger partial charge in [0, 0.05) is 5.56 Å². The fourth-order valence-electron chi connectivity index (χ4n) is 2.80. The molecule has 13 nitrogen and oxygen atoms in total. The fraction of sp³-hybridized carbons (Fsp3) is 0.0588. The number of aromatic nitrogens is 5. The van der Waals surface area contributed by atoms with Gasteiger partial charge in [-0.05, 0) is 40.6 Å². The van der Waals surface area contributed by atoms with E-state index in [0.717, 1.165) is 0 Å². The minimum atomic E-state index is -0.619. The normalized spacial score (nSPS) is 12.5. The maximum absolute atomic E-state index is 12.8. The van der Waals surface area contributed by atoms with E-state index in [1.807, 2.05) is 0 Å². The van der Waals surface area contributed by atoms with E-state index in [2.05, 4.69) is 35.8 Å². The molecule has 1 aromatic carbocycles. The highest BCUT2D eigenvalue weighted by molar-refractivity contribution is 5.98. The van der Waals surface area contributed by atoms with Crippen LogP contribution in [0.1, 0.15) is 16.2 Å². The molecule has 1 aliphatic rings. The number of furan rings is 1. The number of hydrogen-bond acceptors (Lipinski definition) is 11. The number of carbonyl (C=O) groups is 1. The first-order chi connectivity index (χ1) is 14.7. The van der Waals surface area contributed by atoms with Crippen molar-refractivity contribution in [2.24, 2.45) is 5.10 Å². The average Bonchev–Trinajstić information content (AvgIpc) is 3.53. The Kier molecular flexibility index (Phi) is 4.09. The van der Waals surface area contributed by atoms with Crippen LogP contribution in [0, 0.1) is 0 Å². The molecule has 0 saturated heterocycles. The van der Waals surface area contributed by atoms with E-state index in [-0.39, 0.29) is 29.8 Å². The van der Waals surface area contributed by atoms with Crippen molar-refractivity contribution in [2.75, 3.05) is 12.5 Å². The van der Waals surface area contributed by atoms with Gasteiger partial charge in [-0.2, -0.15) is 9.78 Å². The molecule has 3 N–H and O–H groups in total. The number of nitrogen functional groups attached to an aromatic ring is 1. The van der Waals surface area contributed by atoms with Crippen LogP contribution in [-0.4, -0.2) is 44.2 Å². The van der Waals surface area contributed by atoms with Crippen molar-refractivity contribution in [3.8, 4) is 28.6 Å². The highest BCUT2D eigenvalue weighted by Gasteiger charge is 2.26. The molecule has 30 heavy (non-hydrogen) atoms. The van der Waals surface area contributed by atoms with E-state index in [9.17, 15) is 4.79 Å². The zero-order chi connectivity index (χ0) is 20.5. The minimum absolute atomic E-state index is 0.0234. The molecule has 0 fully saturated rings. The maximum atomic E-state index is 12.8. The second-order valence-electron chi connectivity index (χ2n) is 5.95. The van der Waals surface area contributed by atoms with Crippen LogP contribution >= 0.6 is 0 Å². The van der Waals surface area contributed by atoms with Gasteiger partial charge in [0.2, 0.25) is 18.4 Å². The van der Waals surface area contributed by atoms with Gasteiger partial charge in [0.15, 0.2) is 17.2 Å². The summed E-state index contributed by atoms with van der Waals surface area (Å²) in [7, 11) is 0. The smallest absolute Gasteiger partial charge is 0.294 e. The topological polar surface area (TPSA) is 169 Å². The van der Waals surface area contributed by atoms with E-state index >= 15 is 0 Å². The van der Waals surface area contributed by atoms with E-state index < -0.39 is 5.91 Å². The number of hydrogen-bond donors (Lipinski definition) is 2. The number of ether oxygens (including phenoxy) is 2. The Bertz CT molecular complexity index is 1240. The summed E-state index contributed by atoms with van der Waals surface area (Å²) in [6.45, 7) is 0.102. The summed E-state index contributed by atoms with van der Waals surface area (Å²) in [5, 5.41) is 19.1. The van der Waals surface area contributed by atoms with Crippen LogP contribution in [0.4, 0.5) is 5.82 Å². The Morgan fingerprint density at radius 3 is 2.93 bits per heavy atom. The van der Waals surface area contributed by atoms with Crippen molar-refractivity contribution in [2.45, 2.75) is 0 Å². The van der Waals surface area contributed by atoms with Crippen molar-refractivity contribution >= 4 is 17.9 Å². The molecule has 0 unspecified atom stereocenters. The van der Waals surface area contributed by atoms with Crippen LogP contribution in [0.3, 0.4) is 0 Å². The summed E-state index contributed by atoms with van der Waals surface area (Å²) in [6, 6.07) is 8.49. The molecule has 0 atom stereocenters. The predicted molar refractivity (Wildman–Crippen MR) is 99.0 cm³/mol. The maximum Gasteiger partial charge on any atom is 0.294 e. The number of nitrogens with two attached hydrogens (primary N) is 1. The number of amides is 1. The Balaban J connectivity index is 1.55. The standard InChI is InChI=1S/C17H12N8O5/c18-15-16(23-30-22-15)25-14(9-3-4-11-12(6-9)29-8-28-11)13(20-24-25)17(26)21-19-7-10-2-1-5-27-10/h1-7H,8H2,(H2,18,22)(H,21,26). The third-order valence-corrected chi connectivity index (χ3v) is 4.13. The van der Waals surface area contributed by atoms with Crippen LogP contribution in [0.15, 0.2) is 50.7 Å². The highest BCUT2D eigenvalue weighted by Crippen LogP contribution is 2.37. The van der Waals surface area contributed by atoms with Gasteiger partial charge >= 0.3 is 0 Å². The largest absolute Gasteiger partial charge is 0.463 e. The molecule has 0 bridgehead atoms. The number of nitrogens with one attached hydrogen (secondary N) is 1. The highest BCUT2D eigenvalue weighted by atomic mass is 16.7. The first-order valence-electron chi connectivity index (χ1n) is 8.52. The Labute approximate surface area is 167 Å². The van der Waals surface area contributed by atoms with Gasteiger partial charge in [0.05, 0.1) is 12.5 Å². The van der Waals surface area contributed by atoms with Gasteiger partial charge in [-0.15, -0.1) is 5.10 Å². The SMILES string of the molecule is Nc1nonc1-n1nnc(C(=O)NN=Cc2ccco2)c1-c1ccc2c(c1)OCO2. The summed E-state index contributed by atoms with van der Waals surface area (Å²) < 4.78 is 21.8. The average molecular weight is 408 g/mol. The van der Waals surface area contributed by atoms with E-state index in [0.29, 0.717) is 22.8 Å². The van der Waals surface area contributed by atoms with E-state index in [1.54, 1.807) is 30.3 Å². The molecule has 4 heterocycles. The van der Waals surface area contributed by atoms with Crippen molar-refractivity contribution in [3.63, 3.8) is 0 Å². The number of fused-ring (bicyclic) bond motifs is 1. The quantitative estimate of drug-likeness (QED) is 0.358. The lowest BCUT2D eigenvalue weighted by Gasteiger charge is -2.06. The molecule has 5 rings (SSSR count). The Morgan fingerprint density at radius 1 is 1.23 bits per heavy atom. The Morgan fingerprint density at radius 2 is 2.13 bits per heavy atom. The summed E-state index contributed by atoms with van der Waals surface area (Å²) >= 11 is 0. The lowest BCUT2D eigenvalue weighted by molar-refractivity contribution is 0.0950. The van der Waals surface area contributed by atoms with Crippen molar-refractivity contribution < 1.29 is 23.3 Å². The molecule has 0 spiro atoms. The number of hydrazone groups is 1. The van der Waals surface area contributed by atoms with Gasteiger partial charge in [-0.25, -0.2) is 10.1 Å². The van der Waals surface area contributed by atoms with Crippen LogP contribution in [-0.2, 0) is 0 Å². The summed E-state index contributed by atoms with van der Waals surface area (Å²) in [4.78, 5) is 12.8. The molecular formula is C17H12N8O5. The third kappa shape index (κ3) is 2.99. The second kappa shape index (κ2) is 7.05. The molecule has 13 heteroatoms. The van der Waals surface area contributed by atoms with Crippen LogP contribution < -0.4 is 20.6 Å².